The lowest BCUT2D eigenvalue weighted by Gasteiger charge is -2.24. The van der Waals surface area contributed by atoms with Crippen molar-refractivity contribution < 1.29 is 19.1 Å². The van der Waals surface area contributed by atoms with E-state index < -0.39 is 23.5 Å². The largest absolute Gasteiger partial charge is 0.503 e. The number of anilines is 1. The lowest BCUT2D eigenvalue weighted by atomic mass is 9.93. The summed E-state index contributed by atoms with van der Waals surface area (Å²) in [6.07, 6.45) is 0. The summed E-state index contributed by atoms with van der Waals surface area (Å²) in [5, 5.41) is 20.8. The van der Waals surface area contributed by atoms with Gasteiger partial charge in [-0.1, -0.05) is 109 Å². The smallest absolute Gasteiger partial charge is 0.296 e. The van der Waals surface area contributed by atoms with Gasteiger partial charge in [-0.3, -0.25) is 14.5 Å². The number of hydrogen-bond donors (Lipinski definition) is 1. The molecule has 0 bridgehead atoms. The molecule has 1 aliphatic heterocycles. The highest BCUT2D eigenvalue weighted by Gasteiger charge is 2.46. The fourth-order valence-corrected chi connectivity index (χ4v) is 6.65. The number of carbonyl (C=O) groups excluding carboxylic acids is 2. The number of Topliss-reactive ketones (excluding diaryl/α,β-unsaturated/α-hetero) is 1. The molecule has 0 saturated carbocycles. The highest BCUT2D eigenvalue weighted by Crippen LogP contribution is 2.44. The van der Waals surface area contributed by atoms with Crippen LogP contribution in [0.15, 0.2) is 99.0 Å². The van der Waals surface area contributed by atoms with Crippen LogP contribution in [0.2, 0.25) is 0 Å². The number of furan rings is 1. The van der Waals surface area contributed by atoms with E-state index in [2.05, 4.69) is 48.3 Å². The van der Waals surface area contributed by atoms with Crippen LogP contribution in [0.25, 0.3) is 11.0 Å². The van der Waals surface area contributed by atoms with Crippen LogP contribution in [-0.4, -0.2) is 27.0 Å². The Morgan fingerprint density at radius 3 is 2.49 bits per heavy atom. The molecule has 0 aliphatic carbocycles. The van der Waals surface area contributed by atoms with Crippen molar-refractivity contribution in [2.24, 2.45) is 0 Å². The van der Waals surface area contributed by atoms with Crippen LogP contribution in [0.4, 0.5) is 5.13 Å². The van der Waals surface area contributed by atoms with Gasteiger partial charge in [-0.2, -0.15) is 0 Å². The maximum atomic E-state index is 13.9. The van der Waals surface area contributed by atoms with E-state index in [-0.39, 0.29) is 11.3 Å². The molecule has 7 nitrogen and oxygen atoms in total. The van der Waals surface area contributed by atoms with E-state index in [1.54, 1.807) is 12.1 Å². The quantitative estimate of drug-likeness (QED) is 0.113. The molecule has 9 heteroatoms. The van der Waals surface area contributed by atoms with Crippen molar-refractivity contribution in [2.45, 2.75) is 42.8 Å². The highest BCUT2D eigenvalue weighted by atomic mass is 32.2. The second-order valence-electron chi connectivity index (χ2n) is 10.3. The molecule has 6 rings (SSSR count). The van der Waals surface area contributed by atoms with Crippen molar-refractivity contribution >= 4 is 50.9 Å². The van der Waals surface area contributed by atoms with Crippen LogP contribution in [0.1, 0.15) is 58.6 Å². The van der Waals surface area contributed by atoms with Crippen LogP contribution in [0.5, 0.6) is 0 Å². The second kappa shape index (κ2) is 11.0. The Bertz CT molecular complexity index is 1750. The number of fused-ring (bicyclic) bond motifs is 1. The van der Waals surface area contributed by atoms with Crippen LogP contribution in [-0.2, 0) is 10.5 Å². The minimum atomic E-state index is -0.896. The zero-order chi connectivity index (χ0) is 28.7. The third-order valence-electron chi connectivity index (χ3n) is 7.11. The molecule has 1 aliphatic rings. The summed E-state index contributed by atoms with van der Waals surface area (Å²) in [5.74, 6) is -0.806. The Morgan fingerprint density at radius 1 is 1.05 bits per heavy atom. The van der Waals surface area contributed by atoms with Gasteiger partial charge in [0.15, 0.2) is 15.9 Å². The molecule has 206 valence electrons. The summed E-state index contributed by atoms with van der Waals surface area (Å²) in [6.45, 7) is 6.24. The van der Waals surface area contributed by atoms with Gasteiger partial charge >= 0.3 is 0 Å². The number of aliphatic hydroxyl groups excluding tert-OH is 1. The van der Waals surface area contributed by atoms with Crippen LogP contribution < -0.4 is 4.90 Å². The van der Waals surface area contributed by atoms with Crippen LogP contribution in [0.3, 0.4) is 0 Å². The van der Waals surface area contributed by atoms with E-state index in [9.17, 15) is 14.7 Å². The Labute approximate surface area is 245 Å². The summed E-state index contributed by atoms with van der Waals surface area (Å²) in [6, 6.07) is 24.0. The summed E-state index contributed by atoms with van der Waals surface area (Å²) in [7, 11) is 0. The van der Waals surface area contributed by atoms with Gasteiger partial charge in [-0.15, -0.1) is 10.2 Å². The third kappa shape index (κ3) is 5.18. The van der Waals surface area contributed by atoms with Crippen molar-refractivity contribution in [2.75, 3.05) is 4.90 Å². The van der Waals surface area contributed by atoms with Crippen LogP contribution >= 0.6 is 23.1 Å². The van der Waals surface area contributed by atoms with E-state index in [0.29, 0.717) is 32.3 Å². The number of rotatable bonds is 8. The zero-order valence-electron chi connectivity index (χ0n) is 22.7. The normalized spacial score (nSPS) is 15.5. The molecular formula is C32H27N3O4S2. The molecule has 1 amide bonds. The van der Waals surface area contributed by atoms with Crippen molar-refractivity contribution in [3.8, 4) is 0 Å². The summed E-state index contributed by atoms with van der Waals surface area (Å²) in [4.78, 5) is 28.8. The number of aromatic nitrogens is 2. The van der Waals surface area contributed by atoms with Crippen LogP contribution in [0, 0.1) is 6.92 Å². The number of aryl methyl sites for hydroxylation is 1. The first-order valence-electron chi connectivity index (χ1n) is 13.2. The first kappa shape index (κ1) is 27.0. The molecule has 0 fully saturated rings. The van der Waals surface area contributed by atoms with E-state index in [1.807, 2.05) is 49.4 Å². The van der Waals surface area contributed by atoms with E-state index in [1.165, 1.54) is 33.6 Å². The lowest BCUT2D eigenvalue weighted by Crippen LogP contribution is -2.31. The summed E-state index contributed by atoms with van der Waals surface area (Å²) < 4.78 is 6.51. The zero-order valence-corrected chi connectivity index (χ0v) is 24.3. The van der Waals surface area contributed by atoms with E-state index in [4.69, 9.17) is 4.42 Å². The van der Waals surface area contributed by atoms with Crippen molar-refractivity contribution in [1.82, 2.24) is 10.2 Å². The predicted octanol–water partition coefficient (Wildman–Crippen LogP) is 7.79. The van der Waals surface area contributed by atoms with Crippen molar-refractivity contribution in [1.29, 1.82) is 0 Å². The van der Waals surface area contributed by atoms with Gasteiger partial charge in [0.1, 0.15) is 5.58 Å². The topological polar surface area (TPSA) is 96.5 Å². The van der Waals surface area contributed by atoms with Gasteiger partial charge in [0.2, 0.25) is 10.9 Å². The fraction of sp³-hybridized carbons (Fsp3) is 0.188. The van der Waals surface area contributed by atoms with Crippen molar-refractivity contribution in [3.05, 3.63) is 118 Å². The number of ketones is 1. The minimum Gasteiger partial charge on any atom is -0.503 e. The van der Waals surface area contributed by atoms with E-state index in [0.717, 1.165) is 16.5 Å². The number of thioether (sulfide) groups is 1. The summed E-state index contributed by atoms with van der Waals surface area (Å²) >= 11 is 2.77. The third-order valence-corrected chi connectivity index (χ3v) is 9.23. The first-order chi connectivity index (χ1) is 19.8. The molecule has 2 aromatic heterocycles. The number of nitrogens with zero attached hydrogens (tertiary/aromatic N) is 3. The molecule has 0 unspecified atom stereocenters. The molecule has 41 heavy (non-hydrogen) atoms. The molecule has 5 aromatic rings. The van der Waals surface area contributed by atoms with Crippen molar-refractivity contribution in [3.63, 3.8) is 0 Å². The van der Waals surface area contributed by atoms with Gasteiger partial charge in [0.05, 0.1) is 11.6 Å². The standard InChI is InChI=1S/C32H27N3O4S2/c1-18(2)21-12-14-22(15-13-21)27-26(28(36)25-16-23-6-4-5-7-24(23)39-25)29(37)30(38)35(27)31-33-34-32(41-31)40-17-20-10-8-19(3)9-11-20/h4-16,18,27,37H,17H2,1-3H3/t27-/m0/s1. The predicted molar refractivity (Wildman–Crippen MR) is 162 cm³/mol. The Morgan fingerprint density at radius 2 is 1.78 bits per heavy atom. The fourth-order valence-electron chi connectivity index (χ4n) is 4.83. The van der Waals surface area contributed by atoms with Gasteiger partial charge in [0, 0.05) is 11.1 Å². The van der Waals surface area contributed by atoms with Gasteiger partial charge in [-0.25, -0.2) is 0 Å². The number of hydrogen-bond acceptors (Lipinski definition) is 8. The number of carbonyl (C=O) groups is 2. The van der Waals surface area contributed by atoms with Gasteiger partial charge in [-0.05, 0) is 41.7 Å². The maximum absolute atomic E-state index is 13.9. The molecule has 1 atom stereocenters. The second-order valence-corrected chi connectivity index (χ2v) is 12.4. The monoisotopic (exact) mass is 581 g/mol. The molecule has 0 saturated heterocycles. The first-order valence-corrected chi connectivity index (χ1v) is 15.0. The Balaban J connectivity index is 1.36. The Hall–Kier alpha value is -4.21. The molecular weight excluding hydrogens is 555 g/mol. The Kier molecular flexibility index (Phi) is 7.23. The highest BCUT2D eigenvalue weighted by molar-refractivity contribution is 8.00. The van der Waals surface area contributed by atoms with E-state index >= 15 is 0 Å². The minimum absolute atomic E-state index is 0.0459. The number of amides is 1. The average molecular weight is 582 g/mol. The molecule has 3 aromatic carbocycles. The molecule has 0 radical (unpaired) electrons. The molecule has 0 spiro atoms. The summed E-state index contributed by atoms with van der Waals surface area (Å²) in [5.41, 5.74) is 4.64. The lowest BCUT2D eigenvalue weighted by molar-refractivity contribution is -0.117. The number of aliphatic hydroxyl groups is 1. The average Bonchev–Trinajstić information content (AvgIpc) is 3.69. The van der Waals surface area contributed by atoms with Gasteiger partial charge in [0.25, 0.3) is 5.91 Å². The molecule has 1 N–H and O–H groups in total. The maximum Gasteiger partial charge on any atom is 0.296 e. The SMILES string of the molecule is Cc1ccc(CSc2nnc(N3C(=O)C(O)=C(C(=O)c4cc5ccccc5o4)[C@@H]3c3ccc(C(C)C)cc3)s2)cc1. The molecule has 3 heterocycles. The number of para-hydroxylation sites is 1. The number of benzene rings is 3. The van der Waals surface area contributed by atoms with Gasteiger partial charge < -0.3 is 9.52 Å².